The highest BCUT2D eigenvalue weighted by Gasteiger charge is 2.20. The maximum absolute atomic E-state index is 6.28. The number of hydrogen-bond donors (Lipinski definition) is 0. The van der Waals surface area contributed by atoms with Crippen molar-refractivity contribution in [3.8, 4) is 68.7 Å². The second-order valence-electron chi connectivity index (χ2n) is 14.8. The first-order valence-electron chi connectivity index (χ1n) is 20.5. The monoisotopic (exact) mass is 748 g/mol. The minimum absolute atomic E-state index is 0.338. The lowest BCUT2D eigenvalue weighted by molar-refractivity contribution is 0.580. The van der Waals surface area contributed by atoms with Gasteiger partial charge in [-0.2, -0.15) is 0 Å². The average molecular weight is 749 g/mol. The molecule has 0 aliphatic heterocycles. The van der Waals surface area contributed by atoms with E-state index < -0.39 is 0 Å². The molecule has 0 bridgehead atoms. The fraction of sp³-hybridized carbons (Fsp3) is 0.362. The third-order valence-corrected chi connectivity index (χ3v) is 10.3. The van der Waals surface area contributed by atoms with Gasteiger partial charge in [0.25, 0.3) is 0 Å². The summed E-state index contributed by atoms with van der Waals surface area (Å²) in [5, 5.41) is 26.5. The summed E-state index contributed by atoms with van der Waals surface area (Å²) in [4.78, 5) is 0. The van der Waals surface area contributed by atoms with Crippen molar-refractivity contribution in [1.82, 2.24) is 30.6 Å². The minimum atomic E-state index is 0.338. The number of hydrogen-bond acceptors (Lipinski definition) is 9. The Labute approximate surface area is 330 Å². The van der Waals surface area contributed by atoms with Crippen LogP contribution in [0.25, 0.3) is 68.7 Å². The number of nitrogens with zero attached hydrogens (tertiary/aromatic N) is 6. The number of aromatic nitrogens is 6. The van der Waals surface area contributed by atoms with Crippen LogP contribution in [0.5, 0.6) is 0 Å². The molecule has 3 aromatic heterocycles. The van der Waals surface area contributed by atoms with Gasteiger partial charge in [0.1, 0.15) is 0 Å². The Hall–Kier alpha value is -5.70. The maximum Gasteiger partial charge on any atom is 0.248 e. The molecular weight excluding hydrogens is 697 g/mol. The minimum Gasteiger partial charge on any atom is -0.416 e. The smallest absolute Gasteiger partial charge is 0.248 e. The van der Waals surface area contributed by atoms with Crippen molar-refractivity contribution in [3.63, 3.8) is 0 Å². The van der Waals surface area contributed by atoms with Gasteiger partial charge < -0.3 is 13.3 Å². The van der Waals surface area contributed by atoms with E-state index in [0.29, 0.717) is 52.0 Å². The Morgan fingerprint density at radius 3 is 0.964 bits per heavy atom. The molecule has 0 unspecified atom stereocenters. The first kappa shape index (κ1) is 38.6. The van der Waals surface area contributed by atoms with Gasteiger partial charge in [-0.25, -0.2) is 0 Å². The van der Waals surface area contributed by atoms with Crippen molar-refractivity contribution in [2.24, 2.45) is 0 Å². The van der Waals surface area contributed by atoms with Gasteiger partial charge in [-0.05, 0) is 98.3 Å². The summed E-state index contributed by atoms with van der Waals surface area (Å²) in [6.07, 6.45) is 17.5. The lowest BCUT2D eigenvalue weighted by Crippen LogP contribution is -1.87. The van der Waals surface area contributed by atoms with Crippen LogP contribution in [0.3, 0.4) is 0 Å². The predicted molar refractivity (Wildman–Crippen MR) is 222 cm³/mol. The fourth-order valence-electron chi connectivity index (χ4n) is 6.91. The summed E-state index contributed by atoms with van der Waals surface area (Å²) >= 11 is 0. The zero-order valence-electron chi connectivity index (χ0n) is 33.0. The van der Waals surface area contributed by atoms with Crippen molar-refractivity contribution in [3.05, 3.63) is 108 Å². The van der Waals surface area contributed by atoms with Crippen LogP contribution in [0.2, 0.25) is 0 Å². The van der Waals surface area contributed by atoms with Gasteiger partial charge in [-0.1, -0.05) is 120 Å². The van der Waals surface area contributed by atoms with E-state index in [1.165, 1.54) is 88.2 Å². The van der Waals surface area contributed by atoms with Crippen molar-refractivity contribution < 1.29 is 13.3 Å². The van der Waals surface area contributed by atoms with Crippen molar-refractivity contribution in [1.29, 1.82) is 0 Å². The van der Waals surface area contributed by atoms with Crippen LogP contribution in [-0.4, -0.2) is 30.6 Å². The molecule has 0 fully saturated rings. The molecule has 0 N–H and O–H groups in total. The Bertz CT molecular complexity index is 2130. The molecule has 0 radical (unpaired) electrons. The van der Waals surface area contributed by atoms with Gasteiger partial charge in [-0.15, -0.1) is 30.6 Å². The van der Waals surface area contributed by atoms with Crippen LogP contribution in [-0.2, 0) is 12.8 Å². The lowest BCUT2D eigenvalue weighted by Gasteiger charge is -2.04. The van der Waals surface area contributed by atoms with Crippen molar-refractivity contribution in [2.75, 3.05) is 0 Å². The topological polar surface area (TPSA) is 117 Å². The van der Waals surface area contributed by atoms with E-state index in [4.69, 9.17) is 13.3 Å². The van der Waals surface area contributed by atoms with Gasteiger partial charge in [0, 0.05) is 33.4 Å². The number of aryl methyl sites for hydroxylation is 3. The van der Waals surface area contributed by atoms with E-state index in [1.54, 1.807) is 0 Å². The van der Waals surface area contributed by atoms with E-state index in [1.807, 2.05) is 49.4 Å². The predicted octanol–water partition coefficient (Wildman–Crippen LogP) is 13.0. The molecule has 9 nitrogen and oxygen atoms in total. The van der Waals surface area contributed by atoms with E-state index in [0.717, 1.165) is 35.1 Å². The van der Waals surface area contributed by atoms with Gasteiger partial charge in [0.05, 0.1) is 0 Å². The van der Waals surface area contributed by atoms with Crippen LogP contribution in [0.4, 0.5) is 0 Å². The summed E-state index contributed by atoms with van der Waals surface area (Å²) in [5.41, 5.74) is 8.32. The quantitative estimate of drug-likeness (QED) is 0.0702. The number of unbranched alkanes of at least 4 members (excludes halogenated alkanes) is 10. The molecule has 7 aromatic rings. The van der Waals surface area contributed by atoms with Crippen LogP contribution in [0, 0.1) is 6.92 Å². The van der Waals surface area contributed by atoms with Gasteiger partial charge in [0.15, 0.2) is 0 Å². The van der Waals surface area contributed by atoms with Gasteiger partial charge in [0.2, 0.25) is 35.3 Å². The first-order chi connectivity index (χ1) is 27.6. The highest BCUT2D eigenvalue weighted by atomic mass is 16.4. The molecule has 0 aliphatic rings. The molecule has 288 valence electrons. The molecule has 0 saturated carbocycles. The molecule has 7 rings (SSSR count). The van der Waals surface area contributed by atoms with E-state index in [9.17, 15) is 0 Å². The molecule has 0 aliphatic carbocycles. The Balaban J connectivity index is 1.12. The zero-order valence-corrected chi connectivity index (χ0v) is 33.0. The highest BCUT2D eigenvalue weighted by molar-refractivity contribution is 5.74. The van der Waals surface area contributed by atoms with Crippen LogP contribution in [0.1, 0.15) is 108 Å². The fourth-order valence-corrected chi connectivity index (χ4v) is 6.91. The Morgan fingerprint density at radius 1 is 0.339 bits per heavy atom. The van der Waals surface area contributed by atoms with Crippen molar-refractivity contribution in [2.45, 2.75) is 111 Å². The zero-order chi connectivity index (χ0) is 38.5. The number of benzene rings is 4. The second-order valence-corrected chi connectivity index (χ2v) is 14.8. The summed E-state index contributed by atoms with van der Waals surface area (Å²) in [5.74, 6) is 2.34. The van der Waals surface area contributed by atoms with Gasteiger partial charge in [-0.3, -0.25) is 0 Å². The third-order valence-electron chi connectivity index (χ3n) is 10.3. The molecular formula is C47H52N6O3. The van der Waals surface area contributed by atoms with E-state index in [2.05, 4.69) is 93.0 Å². The molecule has 4 aromatic carbocycles. The molecule has 0 amide bonds. The Kier molecular flexibility index (Phi) is 13.3. The average Bonchev–Trinajstić information content (AvgIpc) is 4.04. The summed E-state index contributed by atoms with van der Waals surface area (Å²) in [7, 11) is 0. The molecule has 0 atom stereocenters. The maximum atomic E-state index is 6.28. The third kappa shape index (κ3) is 10.1. The lowest BCUT2D eigenvalue weighted by atomic mass is 10.0. The molecule has 9 heteroatoms. The summed E-state index contributed by atoms with van der Waals surface area (Å²) in [6, 6.07) is 30.5. The normalized spacial score (nSPS) is 11.4. The SMILES string of the molecule is CCCCCCCCc1ccc(-c2nnc(-c3cc(-c4nnc(-c5ccc(C)cc5)o4)cc(-c4nnc(-c5ccc(CCCCCCCC)cc5)o4)c3)o2)cc1. The molecule has 3 heterocycles. The van der Waals surface area contributed by atoms with E-state index >= 15 is 0 Å². The van der Waals surface area contributed by atoms with Crippen LogP contribution < -0.4 is 0 Å². The van der Waals surface area contributed by atoms with Crippen LogP contribution in [0.15, 0.2) is 104 Å². The highest BCUT2D eigenvalue weighted by Crippen LogP contribution is 2.35. The second kappa shape index (κ2) is 19.2. The molecule has 0 saturated heterocycles. The summed E-state index contributed by atoms with van der Waals surface area (Å²) in [6.45, 7) is 6.55. The summed E-state index contributed by atoms with van der Waals surface area (Å²) < 4.78 is 18.8. The molecule has 56 heavy (non-hydrogen) atoms. The Morgan fingerprint density at radius 2 is 0.625 bits per heavy atom. The largest absolute Gasteiger partial charge is 0.416 e. The van der Waals surface area contributed by atoms with E-state index in [-0.39, 0.29) is 0 Å². The first-order valence-corrected chi connectivity index (χ1v) is 20.5. The van der Waals surface area contributed by atoms with Crippen molar-refractivity contribution >= 4 is 0 Å². The molecule has 0 spiro atoms. The van der Waals surface area contributed by atoms with Gasteiger partial charge >= 0.3 is 0 Å². The standard InChI is InChI=1S/C47H52N6O3/c1-4-6-8-10-12-14-16-34-20-26-37(27-21-34)43-49-52-46(55-43)40-30-39(45-51-48-42(54-45)36-24-18-33(3)19-25-36)31-41(32-40)47-53-50-44(56-47)38-28-22-35(23-29-38)17-15-13-11-9-7-5-2/h18-32H,4-17H2,1-3H3. The van der Waals surface area contributed by atoms with Crippen LogP contribution >= 0.6 is 0 Å². The number of rotatable bonds is 20.